The van der Waals surface area contributed by atoms with Crippen LogP contribution in [0.15, 0.2) is 64.0 Å². The number of benzene rings is 2. The summed E-state index contributed by atoms with van der Waals surface area (Å²) in [6.07, 6.45) is 2.95. The Morgan fingerprint density at radius 1 is 1.24 bits per heavy atom. The SMILES string of the molecule is C=N/C=N\N(c1cc(C(COC)N(C=N)C(=O)c2ccc(C(/C=N\NCF)=C/F)cc2)ccc1Cl)C(F)F. The first-order chi connectivity index (χ1) is 18.3. The van der Waals surface area contributed by atoms with Crippen LogP contribution in [-0.4, -0.2) is 63.5 Å². The van der Waals surface area contributed by atoms with Gasteiger partial charge in [0.1, 0.15) is 6.34 Å². The maximum atomic E-state index is 13.7. The molecule has 0 radical (unpaired) electrons. The number of ether oxygens (including phenoxy) is 1. The highest BCUT2D eigenvalue weighted by molar-refractivity contribution is 6.33. The van der Waals surface area contributed by atoms with Crippen LogP contribution in [0.4, 0.5) is 23.2 Å². The molecule has 202 valence electrons. The minimum absolute atomic E-state index is 0.0257. The summed E-state index contributed by atoms with van der Waals surface area (Å²) in [5, 5.41) is 15.2. The number of amides is 1. The molecule has 0 aromatic heterocycles. The van der Waals surface area contributed by atoms with Gasteiger partial charge in [0.2, 0.25) is 0 Å². The molecule has 0 saturated heterocycles. The number of allylic oxidation sites excluding steroid dienone is 1. The van der Waals surface area contributed by atoms with E-state index in [1.165, 1.54) is 49.6 Å². The molecule has 9 nitrogen and oxygen atoms in total. The van der Waals surface area contributed by atoms with E-state index in [-0.39, 0.29) is 34.8 Å². The van der Waals surface area contributed by atoms with Crippen molar-refractivity contribution in [3.8, 4) is 0 Å². The number of halogens is 5. The molecule has 2 N–H and O–H groups in total. The summed E-state index contributed by atoms with van der Waals surface area (Å²) in [7, 11) is 1.38. The first kappa shape index (κ1) is 30.1. The molecule has 0 heterocycles. The zero-order valence-corrected chi connectivity index (χ0v) is 20.8. The molecule has 0 saturated carbocycles. The van der Waals surface area contributed by atoms with E-state index in [4.69, 9.17) is 21.7 Å². The fourth-order valence-corrected chi connectivity index (χ4v) is 3.48. The zero-order chi connectivity index (χ0) is 28.1. The summed E-state index contributed by atoms with van der Waals surface area (Å²) in [5.74, 6) is -0.622. The van der Waals surface area contributed by atoms with Crippen molar-refractivity contribution in [2.24, 2.45) is 15.2 Å². The van der Waals surface area contributed by atoms with Crippen LogP contribution >= 0.6 is 11.6 Å². The second-order valence-corrected chi connectivity index (χ2v) is 7.66. The van der Waals surface area contributed by atoms with Crippen molar-refractivity contribution in [2.75, 3.05) is 25.5 Å². The molecule has 14 heteroatoms. The third kappa shape index (κ3) is 7.70. The number of rotatable bonds is 14. The summed E-state index contributed by atoms with van der Waals surface area (Å²) in [6, 6.07) is 8.94. The first-order valence-corrected chi connectivity index (χ1v) is 11.1. The minimum atomic E-state index is -3.07. The summed E-state index contributed by atoms with van der Waals surface area (Å²) < 4.78 is 58.0. The van der Waals surface area contributed by atoms with Crippen LogP contribution in [0.2, 0.25) is 5.02 Å². The van der Waals surface area contributed by atoms with E-state index in [0.29, 0.717) is 16.1 Å². The van der Waals surface area contributed by atoms with Crippen LogP contribution < -0.4 is 10.4 Å². The third-order valence-electron chi connectivity index (χ3n) is 5.02. The Bertz CT molecular complexity index is 1190. The minimum Gasteiger partial charge on any atom is -0.382 e. The Kier molecular flexibility index (Phi) is 12.1. The van der Waals surface area contributed by atoms with Crippen molar-refractivity contribution in [1.29, 1.82) is 5.41 Å². The number of carbonyl (C=O) groups is 1. The van der Waals surface area contributed by atoms with Crippen molar-refractivity contribution >= 4 is 54.4 Å². The fraction of sp³-hybridized carbons (Fsp3) is 0.208. The largest absolute Gasteiger partial charge is 0.382 e. The van der Waals surface area contributed by atoms with Gasteiger partial charge in [-0.15, -0.1) is 0 Å². The van der Waals surface area contributed by atoms with Crippen molar-refractivity contribution in [3.05, 3.63) is 70.5 Å². The first-order valence-electron chi connectivity index (χ1n) is 10.7. The van der Waals surface area contributed by atoms with E-state index >= 15 is 0 Å². The van der Waals surface area contributed by atoms with Gasteiger partial charge >= 0.3 is 6.55 Å². The molecule has 0 aliphatic rings. The molecule has 0 bridgehead atoms. The van der Waals surface area contributed by atoms with Crippen LogP contribution in [0.5, 0.6) is 0 Å². The van der Waals surface area contributed by atoms with Crippen LogP contribution in [0.3, 0.4) is 0 Å². The van der Waals surface area contributed by atoms with E-state index in [2.05, 4.69) is 21.9 Å². The Labute approximate surface area is 221 Å². The number of nitrogens with zero attached hydrogens (tertiary/aromatic N) is 5. The summed E-state index contributed by atoms with van der Waals surface area (Å²) in [6.45, 7) is -0.933. The highest BCUT2D eigenvalue weighted by Crippen LogP contribution is 2.33. The summed E-state index contributed by atoms with van der Waals surface area (Å²) in [5.41, 5.74) is 2.71. The second kappa shape index (κ2) is 15.2. The molecule has 1 atom stereocenters. The van der Waals surface area contributed by atoms with Crippen molar-refractivity contribution in [3.63, 3.8) is 0 Å². The van der Waals surface area contributed by atoms with Crippen LogP contribution in [0.1, 0.15) is 27.5 Å². The Hall–Kier alpha value is -4.10. The smallest absolute Gasteiger partial charge is 0.333 e. The lowest BCUT2D eigenvalue weighted by Crippen LogP contribution is -2.36. The monoisotopic (exact) mass is 553 g/mol. The summed E-state index contributed by atoms with van der Waals surface area (Å²) >= 11 is 6.15. The highest BCUT2D eigenvalue weighted by Gasteiger charge is 2.27. The lowest BCUT2D eigenvalue weighted by atomic mass is 10.0. The number of hydrogen-bond donors (Lipinski definition) is 2. The average Bonchev–Trinajstić information content (AvgIpc) is 2.92. The van der Waals surface area contributed by atoms with Gasteiger partial charge in [-0.05, 0) is 42.1 Å². The molecule has 0 aliphatic carbocycles. The molecule has 2 rings (SSSR count). The number of alkyl halides is 3. The average molecular weight is 554 g/mol. The summed E-state index contributed by atoms with van der Waals surface area (Å²) in [4.78, 5) is 17.7. The fourth-order valence-electron chi connectivity index (χ4n) is 3.28. The van der Waals surface area contributed by atoms with E-state index in [9.17, 15) is 22.4 Å². The third-order valence-corrected chi connectivity index (χ3v) is 5.34. The molecule has 2 aromatic carbocycles. The molecule has 0 aliphatic heterocycles. The predicted molar refractivity (Wildman–Crippen MR) is 141 cm³/mol. The number of methoxy groups -OCH3 is 1. The topological polar surface area (TPSA) is 106 Å². The molecule has 1 amide bonds. The normalized spacial score (nSPS) is 12.7. The number of anilines is 1. The quantitative estimate of drug-likeness (QED) is 0.109. The van der Waals surface area contributed by atoms with Gasteiger partial charge in [-0.1, -0.05) is 29.8 Å². The van der Waals surface area contributed by atoms with Crippen molar-refractivity contribution in [2.45, 2.75) is 12.6 Å². The van der Waals surface area contributed by atoms with Crippen LogP contribution in [-0.2, 0) is 4.74 Å². The molecule has 38 heavy (non-hydrogen) atoms. The Morgan fingerprint density at radius 3 is 2.47 bits per heavy atom. The van der Waals surface area contributed by atoms with E-state index in [1.807, 2.05) is 5.43 Å². The number of aliphatic imine (C=N–C) groups is 1. The van der Waals surface area contributed by atoms with Crippen LogP contribution in [0, 0.1) is 5.41 Å². The van der Waals surface area contributed by atoms with Gasteiger partial charge in [-0.3, -0.25) is 25.5 Å². The number of carbonyl (C=O) groups excluding carboxylic acids is 1. The van der Waals surface area contributed by atoms with Gasteiger partial charge in [0.05, 0.1) is 42.2 Å². The number of hydrazone groups is 2. The Morgan fingerprint density at radius 2 is 1.92 bits per heavy atom. The lowest BCUT2D eigenvalue weighted by molar-refractivity contribution is 0.0710. The van der Waals surface area contributed by atoms with E-state index in [1.54, 1.807) is 0 Å². The van der Waals surface area contributed by atoms with Gasteiger partial charge in [-0.2, -0.15) is 19.0 Å². The maximum absolute atomic E-state index is 13.7. The predicted octanol–water partition coefficient (Wildman–Crippen LogP) is 5.26. The van der Waals surface area contributed by atoms with Gasteiger partial charge < -0.3 is 4.74 Å². The zero-order valence-electron chi connectivity index (χ0n) is 20.1. The van der Waals surface area contributed by atoms with Gasteiger partial charge in [0.15, 0.2) is 6.80 Å². The molecule has 1 unspecified atom stereocenters. The molecule has 0 spiro atoms. The van der Waals surface area contributed by atoms with Crippen molar-refractivity contribution in [1.82, 2.24) is 10.3 Å². The van der Waals surface area contributed by atoms with Crippen molar-refractivity contribution < 1.29 is 27.1 Å². The molecule has 2 aromatic rings. The number of nitrogens with one attached hydrogen (secondary N) is 2. The molecular weight excluding hydrogens is 530 g/mol. The van der Waals surface area contributed by atoms with Gasteiger partial charge in [0.25, 0.3) is 5.91 Å². The van der Waals surface area contributed by atoms with Gasteiger partial charge in [-0.25, -0.2) is 13.8 Å². The van der Waals surface area contributed by atoms with E-state index in [0.717, 1.165) is 23.8 Å². The van der Waals surface area contributed by atoms with Crippen LogP contribution in [0.25, 0.3) is 5.57 Å². The Balaban J connectivity index is 2.43. The molecule has 0 fully saturated rings. The second-order valence-electron chi connectivity index (χ2n) is 7.25. The maximum Gasteiger partial charge on any atom is 0.333 e. The number of hydrogen-bond acceptors (Lipinski definition) is 7. The lowest BCUT2D eigenvalue weighted by Gasteiger charge is -2.29. The van der Waals surface area contributed by atoms with Gasteiger partial charge in [0, 0.05) is 18.2 Å². The highest BCUT2D eigenvalue weighted by atomic mass is 35.5. The van der Waals surface area contributed by atoms with E-state index < -0.39 is 25.3 Å². The molecular formula is C24H24ClF4N7O2. The standard InChI is InChI=1S/C24H24ClF4N7O2/c1-31-15-34-36(24(28)29)21-9-18(7-8-20(21)25)22(12-38-2)35(14-30)23(37)17-5-3-16(4-6-17)19(10-26)11-32-33-13-27/h3-11,14-15,22,24,30,33H,1,12-13H2,2H3/b19-10+,30-14?,32-11-,34-15-.